The SMILES string of the molecule is CN(C)c1nc(NC2CCC(CNCC3C=CC(OCCN4CCN(C5N=CC(C(F)(F)F)=CC5Cl)CC4)=CC3)CC2)nc2ccccc12. The molecule has 2 aromatic rings. The molecule has 13 heteroatoms. The normalized spacial score (nSPS) is 26.8. The molecule has 6 rings (SSSR count). The van der Waals surface area contributed by atoms with Gasteiger partial charge in [0.2, 0.25) is 5.95 Å². The number of alkyl halides is 4. The highest BCUT2D eigenvalue weighted by Crippen LogP contribution is 2.31. The zero-order valence-electron chi connectivity index (χ0n) is 28.4. The maximum atomic E-state index is 13.0. The molecule has 266 valence electrons. The third-order valence-electron chi connectivity index (χ3n) is 9.96. The van der Waals surface area contributed by atoms with Gasteiger partial charge in [-0.2, -0.15) is 18.2 Å². The molecule has 3 unspecified atom stereocenters. The van der Waals surface area contributed by atoms with E-state index in [4.69, 9.17) is 26.3 Å². The van der Waals surface area contributed by atoms with Crippen molar-refractivity contribution in [2.75, 3.05) is 76.7 Å². The second-order valence-electron chi connectivity index (χ2n) is 13.7. The van der Waals surface area contributed by atoms with E-state index in [1.807, 2.05) is 37.2 Å². The summed E-state index contributed by atoms with van der Waals surface area (Å²) in [6.45, 7) is 6.39. The first kappa shape index (κ1) is 35.6. The van der Waals surface area contributed by atoms with Crippen LogP contribution in [0.5, 0.6) is 0 Å². The van der Waals surface area contributed by atoms with Crippen molar-refractivity contribution in [1.29, 1.82) is 0 Å². The van der Waals surface area contributed by atoms with Gasteiger partial charge in [-0.15, -0.1) is 11.6 Å². The zero-order chi connectivity index (χ0) is 34.4. The molecule has 9 nitrogen and oxygen atoms in total. The van der Waals surface area contributed by atoms with Crippen LogP contribution in [0.25, 0.3) is 10.9 Å². The maximum Gasteiger partial charge on any atom is 0.417 e. The fourth-order valence-electron chi connectivity index (χ4n) is 7.08. The Morgan fingerprint density at radius 3 is 2.49 bits per heavy atom. The minimum Gasteiger partial charge on any atom is -0.493 e. The van der Waals surface area contributed by atoms with E-state index in [0.717, 1.165) is 86.8 Å². The highest BCUT2D eigenvalue weighted by molar-refractivity contribution is 6.23. The van der Waals surface area contributed by atoms with Crippen LogP contribution in [0.1, 0.15) is 32.1 Å². The van der Waals surface area contributed by atoms with Crippen molar-refractivity contribution in [3.05, 3.63) is 59.9 Å². The van der Waals surface area contributed by atoms with Gasteiger partial charge in [-0.3, -0.25) is 14.8 Å². The van der Waals surface area contributed by atoms with Crippen LogP contribution in [0.2, 0.25) is 0 Å². The number of allylic oxidation sites excluding steroid dienone is 3. The lowest BCUT2D eigenvalue weighted by Crippen LogP contribution is -2.53. The molecule has 2 aliphatic heterocycles. The molecule has 0 spiro atoms. The van der Waals surface area contributed by atoms with Gasteiger partial charge in [0, 0.05) is 71.0 Å². The summed E-state index contributed by atoms with van der Waals surface area (Å²) in [5.41, 5.74) is 0.189. The molecule has 3 heterocycles. The molecule has 1 aromatic heterocycles. The van der Waals surface area contributed by atoms with Crippen LogP contribution in [0.4, 0.5) is 24.9 Å². The highest BCUT2D eigenvalue weighted by atomic mass is 35.5. The molecule has 2 fully saturated rings. The van der Waals surface area contributed by atoms with Crippen LogP contribution in [-0.2, 0) is 4.74 Å². The molecule has 0 radical (unpaired) electrons. The van der Waals surface area contributed by atoms with E-state index >= 15 is 0 Å². The summed E-state index contributed by atoms with van der Waals surface area (Å²) >= 11 is 6.26. The number of fused-ring (bicyclic) bond motifs is 1. The molecule has 0 amide bonds. The van der Waals surface area contributed by atoms with Gasteiger partial charge in [0.15, 0.2) is 0 Å². The lowest BCUT2D eigenvalue weighted by atomic mass is 9.86. The van der Waals surface area contributed by atoms with Crippen molar-refractivity contribution in [3.8, 4) is 0 Å². The molecular weight excluding hydrogens is 653 g/mol. The lowest BCUT2D eigenvalue weighted by Gasteiger charge is -2.39. The zero-order valence-corrected chi connectivity index (χ0v) is 29.1. The topological polar surface area (TPSA) is 81.2 Å². The number of dihydropyridines is 1. The predicted molar refractivity (Wildman–Crippen MR) is 191 cm³/mol. The van der Waals surface area contributed by atoms with Crippen molar-refractivity contribution >= 4 is 40.5 Å². The number of piperazine rings is 1. The van der Waals surface area contributed by atoms with E-state index in [0.29, 0.717) is 43.5 Å². The molecule has 2 N–H and O–H groups in total. The molecule has 3 atom stereocenters. The molecule has 2 aliphatic carbocycles. The number of ether oxygens (including phenoxy) is 1. The van der Waals surface area contributed by atoms with Crippen LogP contribution in [0.3, 0.4) is 0 Å². The molecular formula is C36H48ClF3N8O. The number of nitrogens with zero attached hydrogens (tertiary/aromatic N) is 6. The lowest BCUT2D eigenvalue weighted by molar-refractivity contribution is -0.0862. The number of rotatable bonds is 12. The predicted octanol–water partition coefficient (Wildman–Crippen LogP) is 5.86. The Morgan fingerprint density at radius 2 is 1.80 bits per heavy atom. The second-order valence-corrected chi connectivity index (χ2v) is 14.3. The number of hydrogen-bond acceptors (Lipinski definition) is 9. The van der Waals surface area contributed by atoms with E-state index in [2.05, 4.69) is 49.7 Å². The minimum absolute atomic E-state index is 0.396. The van der Waals surface area contributed by atoms with E-state index < -0.39 is 23.3 Å². The van der Waals surface area contributed by atoms with Gasteiger partial charge in [0.05, 0.1) is 16.5 Å². The Bertz CT molecular complexity index is 1530. The number of benzene rings is 1. The Balaban J connectivity index is 0.829. The van der Waals surface area contributed by atoms with E-state index in [1.54, 1.807) is 0 Å². The Labute approximate surface area is 292 Å². The monoisotopic (exact) mass is 700 g/mol. The summed E-state index contributed by atoms with van der Waals surface area (Å²) in [4.78, 5) is 20.1. The van der Waals surface area contributed by atoms with Crippen LogP contribution >= 0.6 is 11.6 Å². The summed E-state index contributed by atoms with van der Waals surface area (Å²) in [6.07, 6.45) is 9.19. The van der Waals surface area contributed by atoms with Crippen molar-refractivity contribution in [2.45, 2.75) is 55.9 Å². The molecule has 1 saturated carbocycles. The van der Waals surface area contributed by atoms with Crippen LogP contribution in [-0.4, -0.2) is 116 Å². The third-order valence-corrected chi connectivity index (χ3v) is 10.3. The van der Waals surface area contributed by atoms with Gasteiger partial charge in [-0.05, 0) is 80.8 Å². The van der Waals surface area contributed by atoms with Gasteiger partial charge in [0.25, 0.3) is 0 Å². The largest absolute Gasteiger partial charge is 0.493 e. The highest BCUT2D eigenvalue weighted by Gasteiger charge is 2.38. The molecule has 0 bridgehead atoms. The number of aromatic nitrogens is 2. The fraction of sp³-hybridized carbons (Fsp3) is 0.583. The van der Waals surface area contributed by atoms with Gasteiger partial charge < -0.3 is 20.3 Å². The summed E-state index contributed by atoms with van der Waals surface area (Å²) in [5.74, 6) is 3.72. The third kappa shape index (κ3) is 9.53. The van der Waals surface area contributed by atoms with E-state index in [-0.39, 0.29) is 0 Å². The first-order valence-corrected chi connectivity index (χ1v) is 17.9. The van der Waals surface area contributed by atoms with Crippen molar-refractivity contribution in [2.24, 2.45) is 16.8 Å². The average Bonchev–Trinajstić information content (AvgIpc) is 3.09. The summed E-state index contributed by atoms with van der Waals surface area (Å²) in [5, 5.41) is 7.60. The second kappa shape index (κ2) is 16.2. The van der Waals surface area contributed by atoms with Gasteiger partial charge in [-0.25, -0.2) is 4.98 Å². The standard InChI is InChI=1S/C36H48ClF3N8O/c1-46(2)33-30-5-3-4-6-32(30)44-35(45-33)43-28-11-7-25(8-12-28)22-41-23-26-9-13-29(14-10-26)49-20-19-47-15-17-48(18-16-47)34-31(37)21-27(24-42-34)36(38,39)40/h3-6,9,13-14,21,24-26,28,31,34,41H,7-8,10-12,15-20,22-23H2,1-2H3,(H,43,44,45). The van der Waals surface area contributed by atoms with Crippen LogP contribution < -0.4 is 15.5 Å². The number of aliphatic imine (C=N–C) groups is 1. The van der Waals surface area contributed by atoms with E-state index in [1.165, 1.54) is 12.8 Å². The van der Waals surface area contributed by atoms with Gasteiger partial charge in [0.1, 0.15) is 24.3 Å². The first-order chi connectivity index (χ1) is 23.6. The Morgan fingerprint density at radius 1 is 1.02 bits per heavy atom. The van der Waals surface area contributed by atoms with E-state index in [9.17, 15) is 13.2 Å². The van der Waals surface area contributed by atoms with Crippen LogP contribution in [0.15, 0.2) is 64.9 Å². The van der Waals surface area contributed by atoms with Crippen molar-refractivity contribution < 1.29 is 17.9 Å². The first-order valence-electron chi connectivity index (χ1n) is 17.5. The molecule has 1 saturated heterocycles. The maximum absolute atomic E-state index is 13.0. The minimum atomic E-state index is -4.42. The fourth-order valence-corrected chi connectivity index (χ4v) is 7.44. The number of halogens is 4. The number of anilines is 2. The van der Waals surface area contributed by atoms with Gasteiger partial charge in [-0.1, -0.05) is 18.2 Å². The summed E-state index contributed by atoms with van der Waals surface area (Å²) in [7, 11) is 4.04. The average molecular weight is 701 g/mol. The molecule has 49 heavy (non-hydrogen) atoms. The number of hydrogen-bond donors (Lipinski definition) is 2. The quantitative estimate of drug-likeness (QED) is 0.267. The Hall–Kier alpha value is -3.19. The summed E-state index contributed by atoms with van der Waals surface area (Å²) < 4.78 is 44.9. The number of nitrogens with one attached hydrogen (secondary N) is 2. The van der Waals surface area contributed by atoms with Crippen LogP contribution in [0, 0.1) is 11.8 Å². The molecule has 1 aromatic carbocycles. The molecule has 4 aliphatic rings. The smallest absolute Gasteiger partial charge is 0.417 e. The van der Waals surface area contributed by atoms with Gasteiger partial charge >= 0.3 is 6.18 Å². The Kier molecular flexibility index (Phi) is 11.8. The van der Waals surface area contributed by atoms with Crippen molar-refractivity contribution in [1.82, 2.24) is 25.1 Å². The van der Waals surface area contributed by atoms with Crippen molar-refractivity contribution in [3.63, 3.8) is 0 Å². The number of para-hydroxylation sites is 1. The summed E-state index contributed by atoms with van der Waals surface area (Å²) in [6, 6.07) is 8.56.